The first-order chi connectivity index (χ1) is 9.15. The quantitative estimate of drug-likeness (QED) is 0.890. The van der Waals surface area contributed by atoms with Crippen LogP contribution in [0.25, 0.3) is 0 Å². The summed E-state index contributed by atoms with van der Waals surface area (Å²) in [7, 11) is 1.79. The third-order valence-electron chi connectivity index (χ3n) is 2.91. The van der Waals surface area contributed by atoms with E-state index in [2.05, 4.69) is 24.4 Å². The summed E-state index contributed by atoms with van der Waals surface area (Å²) in [5.41, 5.74) is 3.15. The van der Waals surface area contributed by atoms with E-state index in [-0.39, 0.29) is 6.03 Å². The first kappa shape index (κ1) is 13.1. The maximum atomic E-state index is 12.0. The van der Waals surface area contributed by atoms with Gasteiger partial charge in [-0.15, -0.1) is 0 Å². The molecule has 0 aromatic heterocycles. The highest BCUT2D eigenvalue weighted by Crippen LogP contribution is 2.09. The fourth-order valence-corrected chi connectivity index (χ4v) is 1.78. The average molecular weight is 254 g/mol. The van der Waals surface area contributed by atoms with E-state index in [0.29, 0.717) is 6.54 Å². The van der Waals surface area contributed by atoms with Gasteiger partial charge >= 0.3 is 6.03 Å². The molecule has 0 aliphatic carbocycles. The third-order valence-corrected chi connectivity index (χ3v) is 2.91. The van der Waals surface area contributed by atoms with Crippen molar-refractivity contribution in [2.45, 2.75) is 13.5 Å². The van der Waals surface area contributed by atoms with Crippen LogP contribution < -0.4 is 5.32 Å². The molecule has 2 aromatic carbocycles. The Kier molecular flexibility index (Phi) is 4.18. The molecule has 0 atom stereocenters. The second kappa shape index (κ2) is 6.05. The van der Waals surface area contributed by atoms with Crippen LogP contribution in [0.3, 0.4) is 0 Å². The van der Waals surface area contributed by atoms with Crippen molar-refractivity contribution < 1.29 is 4.79 Å². The summed E-state index contributed by atoms with van der Waals surface area (Å²) < 4.78 is 0. The number of hydrogen-bond donors (Lipinski definition) is 1. The second-order valence-electron chi connectivity index (χ2n) is 4.64. The molecular formula is C16H18N2O. The molecule has 2 rings (SSSR count). The van der Waals surface area contributed by atoms with Crippen molar-refractivity contribution in [3.63, 3.8) is 0 Å². The topological polar surface area (TPSA) is 32.3 Å². The molecule has 1 N–H and O–H groups in total. The summed E-state index contributed by atoms with van der Waals surface area (Å²) in [6.45, 7) is 2.65. The third kappa shape index (κ3) is 3.85. The summed E-state index contributed by atoms with van der Waals surface area (Å²) >= 11 is 0. The number of carbonyl (C=O) groups excluding carboxylic acids is 1. The minimum absolute atomic E-state index is 0.105. The molecule has 0 fully saturated rings. The lowest BCUT2D eigenvalue weighted by molar-refractivity contribution is 0.220. The summed E-state index contributed by atoms with van der Waals surface area (Å²) in [6.07, 6.45) is 0. The molecule has 0 aliphatic heterocycles. The van der Waals surface area contributed by atoms with Crippen molar-refractivity contribution in [3.8, 4) is 0 Å². The van der Waals surface area contributed by atoms with E-state index >= 15 is 0 Å². The van der Waals surface area contributed by atoms with Gasteiger partial charge in [-0.05, 0) is 24.6 Å². The van der Waals surface area contributed by atoms with Gasteiger partial charge in [-0.1, -0.05) is 48.0 Å². The lowest BCUT2D eigenvalue weighted by Crippen LogP contribution is -2.30. The highest BCUT2D eigenvalue weighted by molar-refractivity contribution is 5.89. The first-order valence-corrected chi connectivity index (χ1v) is 6.28. The van der Waals surface area contributed by atoms with Gasteiger partial charge in [0.2, 0.25) is 0 Å². The molecule has 0 unspecified atom stereocenters. The molecule has 2 amide bonds. The molecule has 19 heavy (non-hydrogen) atoms. The lowest BCUT2D eigenvalue weighted by Gasteiger charge is -2.18. The molecule has 0 heterocycles. The SMILES string of the molecule is Cc1ccc(CN(C)C(=O)Nc2ccccc2)cc1. The van der Waals surface area contributed by atoms with Crippen molar-refractivity contribution in [3.05, 3.63) is 65.7 Å². The normalized spacial score (nSPS) is 10.0. The molecular weight excluding hydrogens is 236 g/mol. The first-order valence-electron chi connectivity index (χ1n) is 6.28. The molecule has 0 saturated carbocycles. The van der Waals surface area contributed by atoms with Crippen molar-refractivity contribution in [2.75, 3.05) is 12.4 Å². The lowest BCUT2D eigenvalue weighted by atomic mass is 10.1. The van der Waals surface area contributed by atoms with Crippen LogP contribution in [0.1, 0.15) is 11.1 Å². The van der Waals surface area contributed by atoms with Gasteiger partial charge in [0, 0.05) is 19.3 Å². The van der Waals surface area contributed by atoms with E-state index < -0.39 is 0 Å². The van der Waals surface area contributed by atoms with E-state index in [1.54, 1.807) is 11.9 Å². The zero-order chi connectivity index (χ0) is 13.7. The highest BCUT2D eigenvalue weighted by atomic mass is 16.2. The number of nitrogens with one attached hydrogen (secondary N) is 1. The Morgan fingerprint density at radius 1 is 1.05 bits per heavy atom. The van der Waals surface area contributed by atoms with Crippen LogP contribution in [0.5, 0.6) is 0 Å². The average Bonchev–Trinajstić information content (AvgIpc) is 2.42. The molecule has 2 aromatic rings. The van der Waals surface area contributed by atoms with E-state index in [1.165, 1.54) is 5.56 Å². The van der Waals surface area contributed by atoms with Gasteiger partial charge in [-0.2, -0.15) is 0 Å². The summed E-state index contributed by atoms with van der Waals surface area (Å²) in [4.78, 5) is 13.7. The smallest absolute Gasteiger partial charge is 0.321 e. The summed E-state index contributed by atoms with van der Waals surface area (Å²) in [6, 6.07) is 17.6. The maximum absolute atomic E-state index is 12.0. The Labute approximate surface area is 113 Å². The molecule has 3 nitrogen and oxygen atoms in total. The fourth-order valence-electron chi connectivity index (χ4n) is 1.78. The van der Waals surface area contributed by atoms with Gasteiger partial charge in [0.15, 0.2) is 0 Å². The van der Waals surface area contributed by atoms with E-state index in [1.807, 2.05) is 42.5 Å². The number of amides is 2. The number of carbonyl (C=O) groups is 1. The number of hydrogen-bond acceptors (Lipinski definition) is 1. The van der Waals surface area contributed by atoms with E-state index in [4.69, 9.17) is 0 Å². The maximum Gasteiger partial charge on any atom is 0.321 e. The summed E-state index contributed by atoms with van der Waals surface area (Å²) in [5, 5.41) is 2.86. The predicted octanol–water partition coefficient (Wildman–Crippen LogP) is 3.66. The number of benzene rings is 2. The van der Waals surface area contributed by atoms with Crippen molar-refractivity contribution in [2.24, 2.45) is 0 Å². The Morgan fingerprint density at radius 3 is 2.32 bits per heavy atom. The van der Waals surface area contributed by atoms with E-state index in [9.17, 15) is 4.79 Å². The van der Waals surface area contributed by atoms with Crippen LogP contribution in [0.2, 0.25) is 0 Å². The van der Waals surface area contributed by atoms with Gasteiger partial charge in [0.05, 0.1) is 0 Å². The van der Waals surface area contributed by atoms with Crippen LogP contribution in [0.15, 0.2) is 54.6 Å². The van der Waals surface area contributed by atoms with Crippen LogP contribution in [-0.4, -0.2) is 18.0 Å². The van der Waals surface area contributed by atoms with E-state index in [0.717, 1.165) is 11.3 Å². The predicted molar refractivity (Wildman–Crippen MR) is 78.1 cm³/mol. The fraction of sp³-hybridized carbons (Fsp3) is 0.188. The highest BCUT2D eigenvalue weighted by Gasteiger charge is 2.08. The minimum atomic E-state index is -0.105. The van der Waals surface area contributed by atoms with Crippen LogP contribution >= 0.6 is 0 Å². The minimum Gasteiger partial charge on any atom is -0.323 e. The number of aryl methyl sites for hydroxylation is 1. The molecule has 3 heteroatoms. The standard InChI is InChI=1S/C16H18N2O/c1-13-8-10-14(11-9-13)12-18(2)16(19)17-15-6-4-3-5-7-15/h3-11H,12H2,1-2H3,(H,17,19). The number of nitrogens with zero attached hydrogens (tertiary/aromatic N) is 1. The van der Waals surface area contributed by atoms with Crippen molar-refractivity contribution in [1.29, 1.82) is 0 Å². The van der Waals surface area contributed by atoms with Crippen LogP contribution in [0.4, 0.5) is 10.5 Å². The van der Waals surface area contributed by atoms with Gasteiger partial charge in [0.1, 0.15) is 0 Å². The van der Waals surface area contributed by atoms with Crippen molar-refractivity contribution in [1.82, 2.24) is 4.90 Å². The van der Waals surface area contributed by atoms with Gasteiger partial charge in [-0.25, -0.2) is 4.79 Å². The molecule has 0 spiro atoms. The molecule has 0 aliphatic rings. The molecule has 0 bridgehead atoms. The second-order valence-corrected chi connectivity index (χ2v) is 4.64. The Bertz CT molecular complexity index is 534. The Morgan fingerprint density at radius 2 is 1.68 bits per heavy atom. The van der Waals surface area contributed by atoms with Gasteiger partial charge in [0.25, 0.3) is 0 Å². The Hall–Kier alpha value is -2.29. The molecule has 0 saturated heterocycles. The largest absolute Gasteiger partial charge is 0.323 e. The zero-order valence-corrected chi connectivity index (χ0v) is 11.3. The van der Waals surface area contributed by atoms with Crippen LogP contribution in [0, 0.1) is 6.92 Å². The van der Waals surface area contributed by atoms with Crippen molar-refractivity contribution >= 4 is 11.7 Å². The number of rotatable bonds is 3. The molecule has 0 radical (unpaired) electrons. The van der Waals surface area contributed by atoms with Gasteiger partial charge in [-0.3, -0.25) is 0 Å². The number of para-hydroxylation sites is 1. The Balaban J connectivity index is 1.94. The number of urea groups is 1. The van der Waals surface area contributed by atoms with Gasteiger partial charge < -0.3 is 10.2 Å². The summed E-state index contributed by atoms with van der Waals surface area (Å²) in [5.74, 6) is 0. The zero-order valence-electron chi connectivity index (χ0n) is 11.3. The number of anilines is 1. The van der Waals surface area contributed by atoms with Crippen LogP contribution in [-0.2, 0) is 6.54 Å². The molecule has 98 valence electrons. The monoisotopic (exact) mass is 254 g/mol.